The van der Waals surface area contributed by atoms with Gasteiger partial charge in [-0.25, -0.2) is 9.97 Å². The third-order valence-corrected chi connectivity index (χ3v) is 3.80. The minimum absolute atomic E-state index is 0.521. The molecular formula is C15H26N4O. The van der Waals surface area contributed by atoms with Crippen LogP contribution in [-0.4, -0.2) is 54.3 Å². The van der Waals surface area contributed by atoms with Crippen molar-refractivity contribution in [2.24, 2.45) is 0 Å². The van der Waals surface area contributed by atoms with Gasteiger partial charge in [-0.05, 0) is 26.2 Å². The van der Waals surface area contributed by atoms with Crippen LogP contribution in [0.1, 0.15) is 31.3 Å². The summed E-state index contributed by atoms with van der Waals surface area (Å²) in [5.74, 6) is 1.83. The van der Waals surface area contributed by atoms with Gasteiger partial charge in [0.1, 0.15) is 11.6 Å². The van der Waals surface area contributed by atoms with Crippen LogP contribution in [0.2, 0.25) is 0 Å². The number of anilines is 1. The molecule has 1 fully saturated rings. The number of rotatable bonds is 6. The Morgan fingerprint density at radius 1 is 1.35 bits per heavy atom. The standard InChI is InChI=1S/C15H26N4O/c1-4-13-11-15(17-12(2)16-13)18-14-5-7-19(8-6-14)9-10-20-3/h11,14H,4-10H2,1-3H3,(H,16,17,18). The summed E-state index contributed by atoms with van der Waals surface area (Å²) in [4.78, 5) is 11.4. The molecule has 0 unspecified atom stereocenters. The van der Waals surface area contributed by atoms with Gasteiger partial charge in [0.15, 0.2) is 0 Å². The van der Waals surface area contributed by atoms with E-state index in [1.165, 1.54) is 0 Å². The Morgan fingerprint density at radius 3 is 2.75 bits per heavy atom. The minimum Gasteiger partial charge on any atom is -0.383 e. The number of aromatic nitrogens is 2. The summed E-state index contributed by atoms with van der Waals surface area (Å²) in [7, 11) is 1.76. The van der Waals surface area contributed by atoms with Gasteiger partial charge < -0.3 is 15.0 Å². The lowest BCUT2D eigenvalue weighted by atomic mass is 10.1. The predicted molar refractivity (Wildman–Crippen MR) is 81.1 cm³/mol. The number of nitrogens with zero attached hydrogens (tertiary/aromatic N) is 3. The summed E-state index contributed by atoms with van der Waals surface area (Å²) in [5, 5.41) is 3.56. The molecule has 2 heterocycles. The topological polar surface area (TPSA) is 50.3 Å². The highest BCUT2D eigenvalue weighted by Gasteiger charge is 2.19. The molecule has 5 heteroatoms. The maximum absolute atomic E-state index is 5.13. The molecule has 0 atom stereocenters. The van der Waals surface area contributed by atoms with E-state index in [2.05, 4.69) is 33.2 Å². The van der Waals surface area contributed by atoms with Gasteiger partial charge in [0, 0.05) is 44.5 Å². The first kappa shape index (κ1) is 15.2. The zero-order valence-corrected chi connectivity index (χ0v) is 12.9. The molecule has 1 saturated heterocycles. The van der Waals surface area contributed by atoms with Crippen molar-refractivity contribution < 1.29 is 4.74 Å². The van der Waals surface area contributed by atoms with E-state index in [1.807, 2.05) is 6.92 Å². The molecule has 2 rings (SSSR count). The van der Waals surface area contributed by atoms with Gasteiger partial charge in [0.25, 0.3) is 0 Å². The number of likely N-dealkylation sites (tertiary alicyclic amines) is 1. The molecule has 1 aromatic heterocycles. The third-order valence-electron chi connectivity index (χ3n) is 3.80. The summed E-state index contributed by atoms with van der Waals surface area (Å²) >= 11 is 0. The first-order valence-electron chi connectivity index (χ1n) is 7.53. The van der Waals surface area contributed by atoms with E-state index in [0.717, 1.165) is 62.8 Å². The number of aryl methyl sites for hydroxylation is 2. The van der Waals surface area contributed by atoms with Gasteiger partial charge >= 0.3 is 0 Å². The van der Waals surface area contributed by atoms with Crippen LogP contribution < -0.4 is 5.32 Å². The number of methoxy groups -OCH3 is 1. The fraction of sp³-hybridized carbons (Fsp3) is 0.733. The summed E-state index contributed by atoms with van der Waals surface area (Å²) in [6.07, 6.45) is 3.27. The second-order valence-corrected chi connectivity index (χ2v) is 5.40. The highest BCUT2D eigenvalue weighted by molar-refractivity contribution is 5.37. The van der Waals surface area contributed by atoms with Gasteiger partial charge in [0.05, 0.1) is 6.61 Å². The second kappa shape index (κ2) is 7.55. The largest absolute Gasteiger partial charge is 0.383 e. The maximum atomic E-state index is 5.13. The predicted octanol–water partition coefficient (Wildman–Crippen LogP) is 1.87. The van der Waals surface area contributed by atoms with Crippen LogP contribution in [0, 0.1) is 6.92 Å². The molecular weight excluding hydrogens is 252 g/mol. The van der Waals surface area contributed by atoms with E-state index in [4.69, 9.17) is 4.74 Å². The number of hydrogen-bond donors (Lipinski definition) is 1. The van der Waals surface area contributed by atoms with Crippen molar-refractivity contribution in [3.05, 3.63) is 17.6 Å². The SMILES string of the molecule is CCc1cc(NC2CCN(CCOC)CC2)nc(C)n1. The Hall–Kier alpha value is -1.20. The fourth-order valence-corrected chi connectivity index (χ4v) is 2.62. The van der Waals surface area contributed by atoms with Gasteiger partial charge in [-0.3, -0.25) is 0 Å². The molecule has 20 heavy (non-hydrogen) atoms. The highest BCUT2D eigenvalue weighted by atomic mass is 16.5. The zero-order valence-electron chi connectivity index (χ0n) is 12.9. The van der Waals surface area contributed by atoms with Crippen LogP contribution in [0.3, 0.4) is 0 Å². The minimum atomic E-state index is 0.521. The van der Waals surface area contributed by atoms with Gasteiger partial charge in [-0.2, -0.15) is 0 Å². The lowest BCUT2D eigenvalue weighted by Gasteiger charge is -2.32. The second-order valence-electron chi connectivity index (χ2n) is 5.40. The lowest BCUT2D eigenvalue weighted by molar-refractivity contribution is 0.132. The molecule has 1 aliphatic heterocycles. The van der Waals surface area contributed by atoms with E-state index in [9.17, 15) is 0 Å². The smallest absolute Gasteiger partial charge is 0.130 e. The van der Waals surface area contributed by atoms with Crippen molar-refractivity contribution >= 4 is 5.82 Å². The Labute approximate surface area is 121 Å². The molecule has 1 aliphatic rings. The molecule has 0 amide bonds. The molecule has 0 saturated carbocycles. The number of ether oxygens (including phenoxy) is 1. The van der Waals surface area contributed by atoms with Gasteiger partial charge in [-0.1, -0.05) is 6.92 Å². The summed E-state index contributed by atoms with van der Waals surface area (Å²) in [6.45, 7) is 8.20. The van der Waals surface area contributed by atoms with Crippen molar-refractivity contribution in [1.29, 1.82) is 0 Å². The molecule has 1 N–H and O–H groups in total. The Morgan fingerprint density at radius 2 is 2.10 bits per heavy atom. The summed E-state index contributed by atoms with van der Waals surface area (Å²) in [6, 6.07) is 2.59. The highest BCUT2D eigenvalue weighted by Crippen LogP contribution is 2.16. The average Bonchev–Trinajstić information content (AvgIpc) is 2.46. The van der Waals surface area contributed by atoms with Gasteiger partial charge in [-0.15, -0.1) is 0 Å². The fourth-order valence-electron chi connectivity index (χ4n) is 2.62. The van der Waals surface area contributed by atoms with Crippen LogP contribution in [-0.2, 0) is 11.2 Å². The molecule has 0 aromatic carbocycles. The van der Waals surface area contributed by atoms with Crippen LogP contribution in [0.25, 0.3) is 0 Å². The van der Waals surface area contributed by atoms with Crippen molar-refractivity contribution in [1.82, 2.24) is 14.9 Å². The Balaban J connectivity index is 1.84. The average molecular weight is 278 g/mol. The molecule has 0 bridgehead atoms. The van der Waals surface area contributed by atoms with E-state index in [-0.39, 0.29) is 0 Å². The van der Waals surface area contributed by atoms with Crippen LogP contribution in [0.5, 0.6) is 0 Å². The molecule has 1 aromatic rings. The number of nitrogens with one attached hydrogen (secondary N) is 1. The van der Waals surface area contributed by atoms with E-state index in [1.54, 1.807) is 7.11 Å². The molecule has 0 spiro atoms. The van der Waals surface area contributed by atoms with E-state index in [0.29, 0.717) is 6.04 Å². The molecule has 0 aliphatic carbocycles. The maximum Gasteiger partial charge on any atom is 0.130 e. The van der Waals surface area contributed by atoms with Crippen LogP contribution in [0.4, 0.5) is 5.82 Å². The van der Waals surface area contributed by atoms with E-state index < -0.39 is 0 Å². The number of hydrogen-bond acceptors (Lipinski definition) is 5. The summed E-state index contributed by atoms with van der Waals surface area (Å²) < 4.78 is 5.13. The summed E-state index contributed by atoms with van der Waals surface area (Å²) in [5.41, 5.74) is 1.11. The van der Waals surface area contributed by atoms with E-state index >= 15 is 0 Å². The van der Waals surface area contributed by atoms with Crippen molar-refractivity contribution in [3.8, 4) is 0 Å². The Kier molecular flexibility index (Phi) is 5.73. The quantitative estimate of drug-likeness (QED) is 0.861. The van der Waals surface area contributed by atoms with Gasteiger partial charge in [0.2, 0.25) is 0 Å². The Bertz CT molecular complexity index is 416. The monoisotopic (exact) mass is 278 g/mol. The number of piperidine rings is 1. The zero-order chi connectivity index (χ0) is 14.4. The van der Waals surface area contributed by atoms with Crippen molar-refractivity contribution in [3.63, 3.8) is 0 Å². The van der Waals surface area contributed by atoms with Crippen molar-refractivity contribution in [2.75, 3.05) is 38.7 Å². The lowest BCUT2D eigenvalue weighted by Crippen LogP contribution is -2.40. The molecule has 5 nitrogen and oxygen atoms in total. The van der Waals surface area contributed by atoms with Crippen LogP contribution >= 0.6 is 0 Å². The molecule has 0 radical (unpaired) electrons. The molecule has 112 valence electrons. The normalized spacial score (nSPS) is 17.4. The first-order valence-corrected chi connectivity index (χ1v) is 7.53. The third kappa shape index (κ3) is 4.42. The first-order chi connectivity index (χ1) is 9.71. The van der Waals surface area contributed by atoms with Crippen LogP contribution in [0.15, 0.2) is 6.07 Å². The van der Waals surface area contributed by atoms with Crippen molar-refractivity contribution in [2.45, 2.75) is 39.2 Å².